The summed E-state index contributed by atoms with van der Waals surface area (Å²) in [5.74, 6) is -0.492. The Morgan fingerprint density at radius 1 is 0.553 bits per heavy atom. The van der Waals surface area contributed by atoms with Crippen molar-refractivity contribution in [2.75, 3.05) is 36.0 Å². The first kappa shape index (κ1) is 43.7. The van der Waals surface area contributed by atoms with Crippen LogP contribution in [0.25, 0.3) is 0 Å². The normalized spacial score (nSPS) is 12.8. The van der Waals surface area contributed by atoms with Gasteiger partial charge in [-0.3, -0.25) is 9.11 Å². The molecule has 2 unspecified atom stereocenters. The summed E-state index contributed by atoms with van der Waals surface area (Å²) in [6, 6.07) is 21.3. The van der Waals surface area contributed by atoms with Crippen molar-refractivity contribution in [1.82, 2.24) is 0 Å². The molecule has 0 spiro atoms. The van der Waals surface area contributed by atoms with Crippen LogP contribution in [0.4, 0.5) is 11.4 Å². The predicted octanol–water partition coefficient (Wildman–Crippen LogP) is 5.27. The Labute approximate surface area is 325 Å². The summed E-state index contributed by atoms with van der Waals surface area (Å²) in [6.07, 6.45) is -0.156. The Morgan fingerprint density at radius 3 is 1.21 bits per heavy atom. The van der Waals surface area contributed by atoms with E-state index in [1.165, 1.54) is 19.9 Å². The molecule has 0 fully saturated rings. The number of nitrogens with zero attached hydrogens (tertiary/aromatic N) is 2. The fraction of sp³-hybridized carbons (Fsp3) is 0.455. The van der Waals surface area contributed by atoms with Crippen LogP contribution in [0.3, 0.4) is 0 Å². The molecule has 10 nitrogen and oxygen atoms in total. The van der Waals surface area contributed by atoms with Crippen LogP contribution in [0.2, 0.25) is 0 Å². The van der Waals surface area contributed by atoms with Crippen LogP contribution in [0.1, 0.15) is 77.0 Å². The van der Waals surface area contributed by atoms with Gasteiger partial charge in [0.25, 0.3) is 0 Å². The molecule has 0 aliphatic carbocycles. The van der Waals surface area contributed by atoms with Crippen LogP contribution in [-0.4, -0.2) is 122 Å². The average molecular weight is 711 g/mol. The second kappa shape index (κ2) is 19.8. The molecule has 0 amide bonds. The Hall–Kier alpha value is -1.32. The first-order valence-electron chi connectivity index (χ1n) is 15.4. The SMILES string of the molecule is CCC(Oc1ccc(C(c2ccc(N(CC)CC)cc2)c2ccc(N(CC)CC)cc2)cc1OC(CC)S(=O)(=O)O)S(=O)(=O)O.[NaH].[NaH]. The van der Waals surface area contributed by atoms with Crippen LogP contribution < -0.4 is 19.3 Å². The summed E-state index contributed by atoms with van der Waals surface area (Å²) in [5, 5.41) is 0. The van der Waals surface area contributed by atoms with Crippen molar-refractivity contribution in [3.05, 3.63) is 83.4 Å². The molecule has 0 saturated carbocycles. The van der Waals surface area contributed by atoms with Crippen LogP contribution in [0, 0.1) is 0 Å². The zero-order chi connectivity index (χ0) is 33.4. The van der Waals surface area contributed by atoms with Crippen molar-refractivity contribution < 1.29 is 35.4 Å². The summed E-state index contributed by atoms with van der Waals surface area (Å²) in [5.41, 5.74) is 1.59. The average Bonchev–Trinajstić information content (AvgIpc) is 3.01. The summed E-state index contributed by atoms with van der Waals surface area (Å²) < 4.78 is 79.0. The predicted molar refractivity (Wildman–Crippen MR) is 194 cm³/mol. The van der Waals surface area contributed by atoms with Crippen LogP contribution in [-0.2, 0) is 20.2 Å². The fourth-order valence-corrected chi connectivity index (χ4v) is 6.69. The molecule has 47 heavy (non-hydrogen) atoms. The standard InChI is InChI=1S/C33H46N2O8S2.2Na.2H/c1-7-31(44(36,37)38)42-29-22-17-26(23-30(29)43-32(8-2)45(39,40)41)33(24-13-18-27(19-14-24)34(9-3)10-4)25-15-20-28(21-16-25)35(11-5)12-6;;;;/h13-23,31-33H,7-12H2,1-6H3,(H,36,37,38)(H,39,40,41);;;;. The van der Waals surface area contributed by atoms with E-state index in [4.69, 9.17) is 9.47 Å². The van der Waals surface area contributed by atoms with Gasteiger partial charge in [-0.2, -0.15) is 16.8 Å². The third-order valence-electron chi connectivity index (χ3n) is 7.86. The first-order valence-corrected chi connectivity index (χ1v) is 18.4. The van der Waals surface area contributed by atoms with Gasteiger partial charge in [0.15, 0.2) is 11.5 Å². The van der Waals surface area contributed by atoms with E-state index in [2.05, 4.69) is 86.0 Å². The zero-order valence-corrected chi connectivity index (χ0v) is 28.5. The van der Waals surface area contributed by atoms with Gasteiger partial charge in [-0.05, 0) is 93.6 Å². The van der Waals surface area contributed by atoms with Gasteiger partial charge in [0, 0.05) is 43.5 Å². The molecule has 252 valence electrons. The minimum absolute atomic E-state index is 0. The summed E-state index contributed by atoms with van der Waals surface area (Å²) in [6.45, 7) is 14.9. The van der Waals surface area contributed by atoms with Gasteiger partial charge >= 0.3 is 79.4 Å². The van der Waals surface area contributed by atoms with Gasteiger partial charge in [-0.15, -0.1) is 0 Å². The molecule has 3 aromatic carbocycles. The quantitative estimate of drug-likeness (QED) is 0.109. The molecule has 0 aliphatic rings. The van der Waals surface area contributed by atoms with E-state index in [0.717, 1.165) is 48.7 Å². The molecular weight excluding hydrogens is 662 g/mol. The first-order chi connectivity index (χ1) is 21.3. The molecule has 3 aromatic rings. The monoisotopic (exact) mass is 710 g/mol. The molecular formula is C33H48N2Na2O8S2. The molecule has 0 aromatic heterocycles. The molecule has 14 heteroatoms. The van der Waals surface area contributed by atoms with E-state index in [-0.39, 0.29) is 89.4 Å². The Bertz CT molecular complexity index is 1540. The van der Waals surface area contributed by atoms with E-state index in [1.807, 2.05) is 0 Å². The summed E-state index contributed by atoms with van der Waals surface area (Å²) in [7, 11) is -9.21. The molecule has 3 rings (SSSR count). The molecule has 0 aliphatic heterocycles. The third-order valence-corrected chi connectivity index (χ3v) is 10.0. The van der Waals surface area contributed by atoms with Gasteiger partial charge in [0.1, 0.15) is 0 Å². The van der Waals surface area contributed by atoms with Crippen molar-refractivity contribution in [3.8, 4) is 11.5 Å². The van der Waals surface area contributed by atoms with Crippen molar-refractivity contribution >= 4 is 90.7 Å². The molecule has 0 heterocycles. The van der Waals surface area contributed by atoms with Crippen LogP contribution >= 0.6 is 0 Å². The van der Waals surface area contributed by atoms with Crippen molar-refractivity contribution in [1.29, 1.82) is 0 Å². The van der Waals surface area contributed by atoms with Gasteiger partial charge in [-0.1, -0.05) is 44.2 Å². The van der Waals surface area contributed by atoms with E-state index < -0.39 is 31.1 Å². The summed E-state index contributed by atoms with van der Waals surface area (Å²) >= 11 is 0. The van der Waals surface area contributed by atoms with Crippen molar-refractivity contribution in [2.24, 2.45) is 0 Å². The van der Waals surface area contributed by atoms with E-state index in [9.17, 15) is 25.9 Å². The van der Waals surface area contributed by atoms with Crippen LogP contribution in [0.15, 0.2) is 66.7 Å². The second-order valence-corrected chi connectivity index (χ2v) is 13.7. The number of hydrogen-bond acceptors (Lipinski definition) is 8. The topological polar surface area (TPSA) is 134 Å². The van der Waals surface area contributed by atoms with E-state index >= 15 is 0 Å². The Balaban J connectivity index is 0.00000552. The van der Waals surface area contributed by atoms with Crippen molar-refractivity contribution in [3.63, 3.8) is 0 Å². The third kappa shape index (κ3) is 11.6. The zero-order valence-electron chi connectivity index (χ0n) is 26.9. The fourth-order valence-electron chi connectivity index (χ4n) is 5.40. The maximum atomic E-state index is 12.1. The number of hydrogen-bond donors (Lipinski definition) is 2. The minimum atomic E-state index is -4.62. The number of anilines is 2. The van der Waals surface area contributed by atoms with E-state index in [1.54, 1.807) is 12.1 Å². The van der Waals surface area contributed by atoms with Gasteiger partial charge in [-0.25, -0.2) is 0 Å². The van der Waals surface area contributed by atoms with Gasteiger partial charge < -0.3 is 19.3 Å². The Kier molecular flexibility index (Phi) is 18.4. The molecule has 0 saturated heterocycles. The Morgan fingerprint density at radius 2 is 0.894 bits per heavy atom. The van der Waals surface area contributed by atoms with Crippen molar-refractivity contribution in [2.45, 2.75) is 71.2 Å². The molecule has 2 N–H and O–H groups in total. The second-order valence-electron chi connectivity index (χ2n) is 10.6. The van der Waals surface area contributed by atoms with E-state index in [0.29, 0.717) is 5.56 Å². The molecule has 2 atom stereocenters. The molecule has 0 radical (unpaired) electrons. The summed E-state index contributed by atoms with van der Waals surface area (Å²) in [4.78, 5) is 4.49. The number of rotatable bonds is 17. The maximum absolute atomic E-state index is 12.1. The molecule has 0 bridgehead atoms. The number of ether oxygens (including phenoxy) is 2. The van der Waals surface area contributed by atoms with Gasteiger partial charge in [0.2, 0.25) is 10.9 Å². The van der Waals surface area contributed by atoms with Gasteiger partial charge in [0.05, 0.1) is 0 Å². The number of benzene rings is 3. The van der Waals surface area contributed by atoms with Crippen LogP contribution in [0.5, 0.6) is 11.5 Å².